The van der Waals surface area contributed by atoms with Crippen molar-refractivity contribution in [2.75, 3.05) is 0 Å². The van der Waals surface area contributed by atoms with Crippen molar-refractivity contribution in [3.05, 3.63) is 34.4 Å². The summed E-state index contributed by atoms with van der Waals surface area (Å²) < 4.78 is 39.2. The summed E-state index contributed by atoms with van der Waals surface area (Å²) in [6.07, 6.45) is 0. The molecule has 0 aromatic heterocycles. The van der Waals surface area contributed by atoms with Crippen LogP contribution < -0.4 is 5.73 Å². The molecule has 3 nitrogen and oxygen atoms in total. The monoisotopic (exact) mass is 303 g/mol. The number of halogens is 3. The van der Waals surface area contributed by atoms with Gasteiger partial charge in [0.25, 0.3) is 0 Å². The number of benzene rings is 1. The van der Waals surface area contributed by atoms with Gasteiger partial charge in [-0.1, -0.05) is 11.6 Å². The number of hydrogen-bond donors (Lipinski definition) is 1. The summed E-state index contributed by atoms with van der Waals surface area (Å²) >= 11 is 5.67. The molecular weight excluding hydrogens is 286 g/mol. The van der Waals surface area contributed by atoms with Gasteiger partial charge in [-0.15, -0.1) is 0 Å². The molecule has 0 amide bonds. The first-order valence-corrected chi connectivity index (χ1v) is 6.69. The van der Waals surface area contributed by atoms with Crippen molar-refractivity contribution >= 4 is 18.7 Å². The molecule has 1 saturated heterocycles. The summed E-state index contributed by atoms with van der Waals surface area (Å²) in [5.41, 5.74) is 4.35. The van der Waals surface area contributed by atoms with Crippen LogP contribution in [-0.4, -0.2) is 18.3 Å². The fraction of sp³-hybridized carbons (Fsp3) is 0.538. The summed E-state index contributed by atoms with van der Waals surface area (Å²) in [5, 5.41) is -0.187. The molecule has 1 fully saturated rings. The van der Waals surface area contributed by atoms with Crippen LogP contribution in [0.4, 0.5) is 8.78 Å². The minimum Gasteiger partial charge on any atom is -0.402 e. The molecule has 1 aromatic carbocycles. The van der Waals surface area contributed by atoms with E-state index < -0.39 is 35.9 Å². The summed E-state index contributed by atoms with van der Waals surface area (Å²) in [7, 11) is -0.942. The molecular formula is C13H17BClF2NO2. The van der Waals surface area contributed by atoms with E-state index >= 15 is 0 Å². The Labute approximate surface area is 122 Å². The van der Waals surface area contributed by atoms with Crippen molar-refractivity contribution in [3.8, 4) is 0 Å². The lowest BCUT2D eigenvalue weighted by Gasteiger charge is -2.32. The highest BCUT2D eigenvalue weighted by Crippen LogP contribution is 2.40. The average Bonchev–Trinajstić information content (AvgIpc) is 2.54. The quantitative estimate of drug-likeness (QED) is 0.674. The molecule has 1 aliphatic rings. The molecule has 0 saturated carbocycles. The Morgan fingerprint density at radius 3 is 2.15 bits per heavy atom. The van der Waals surface area contributed by atoms with E-state index in [-0.39, 0.29) is 10.6 Å². The predicted octanol–water partition coefficient (Wildman–Crippen LogP) is 3.25. The zero-order valence-corrected chi connectivity index (χ0v) is 12.6. The summed E-state index contributed by atoms with van der Waals surface area (Å²) in [6, 6.07) is 2.22. The normalized spacial score (nSPS) is 22.1. The van der Waals surface area contributed by atoms with Crippen molar-refractivity contribution in [2.45, 2.75) is 44.8 Å². The molecule has 7 heteroatoms. The Hall–Kier alpha value is -0.685. The summed E-state index contributed by atoms with van der Waals surface area (Å²) in [4.78, 5) is 0. The van der Waals surface area contributed by atoms with Crippen molar-refractivity contribution < 1.29 is 18.1 Å². The molecule has 0 unspecified atom stereocenters. The molecule has 2 rings (SSSR count). The Kier molecular flexibility index (Phi) is 3.88. The second kappa shape index (κ2) is 4.95. The van der Waals surface area contributed by atoms with E-state index in [2.05, 4.69) is 0 Å². The molecule has 0 aliphatic carbocycles. The first-order valence-electron chi connectivity index (χ1n) is 6.31. The zero-order chi connectivity index (χ0) is 15.3. The molecule has 1 heterocycles. The van der Waals surface area contributed by atoms with Crippen molar-refractivity contribution in [1.82, 2.24) is 0 Å². The van der Waals surface area contributed by atoms with Gasteiger partial charge in [-0.3, -0.25) is 0 Å². The fourth-order valence-electron chi connectivity index (χ4n) is 2.02. The van der Waals surface area contributed by atoms with Crippen LogP contribution >= 0.6 is 11.6 Å². The van der Waals surface area contributed by atoms with E-state index in [0.29, 0.717) is 0 Å². The minimum atomic E-state index is -1.10. The SMILES string of the molecule is CC1(C)OB([C@H](N)c2c(F)ccc(Cl)c2F)OC1(C)C. The molecule has 2 N–H and O–H groups in total. The maximum atomic E-state index is 14.0. The second-order valence-corrected chi connectivity index (χ2v) is 6.31. The van der Waals surface area contributed by atoms with Crippen LogP contribution in [0.5, 0.6) is 0 Å². The van der Waals surface area contributed by atoms with Crippen LogP contribution in [-0.2, 0) is 9.31 Å². The first kappa shape index (κ1) is 15.7. The van der Waals surface area contributed by atoms with E-state index in [1.165, 1.54) is 0 Å². The first-order chi connectivity index (χ1) is 9.07. The van der Waals surface area contributed by atoms with Crippen LogP contribution in [0, 0.1) is 11.6 Å². The number of rotatable bonds is 2. The molecule has 1 atom stereocenters. The van der Waals surface area contributed by atoms with E-state index in [1.54, 1.807) is 0 Å². The highest BCUT2D eigenvalue weighted by atomic mass is 35.5. The lowest BCUT2D eigenvalue weighted by Crippen LogP contribution is -2.41. The van der Waals surface area contributed by atoms with Gasteiger partial charge < -0.3 is 15.0 Å². The Bertz CT molecular complexity index is 523. The largest absolute Gasteiger partial charge is 0.480 e. The second-order valence-electron chi connectivity index (χ2n) is 5.91. The zero-order valence-electron chi connectivity index (χ0n) is 11.8. The molecule has 0 bridgehead atoms. The maximum absolute atomic E-state index is 14.0. The van der Waals surface area contributed by atoms with Gasteiger partial charge in [-0.05, 0) is 39.8 Å². The Morgan fingerprint density at radius 1 is 1.15 bits per heavy atom. The van der Waals surface area contributed by atoms with Gasteiger partial charge in [-0.2, -0.15) is 0 Å². The highest BCUT2D eigenvalue weighted by molar-refractivity contribution is 6.47. The van der Waals surface area contributed by atoms with Crippen molar-refractivity contribution in [3.63, 3.8) is 0 Å². The van der Waals surface area contributed by atoms with Gasteiger partial charge in [-0.25, -0.2) is 8.78 Å². The third kappa shape index (κ3) is 2.46. The summed E-state index contributed by atoms with van der Waals surface area (Å²) in [6.45, 7) is 7.35. The smallest absolute Gasteiger partial charge is 0.402 e. The topological polar surface area (TPSA) is 44.5 Å². The van der Waals surface area contributed by atoms with Crippen LogP contribution in [0.25, 0.3) is 0 Å². The van der Waals surface area contributed by atoms with Crippen LogP contribution in [0.1, 0.15) is 39.2 Å². The van der Waals surface area contributed by atoms with Crippen molar-refractivity contribution in [2.24, 2.45) is 5.73 Å². The number of hydrogen-bond acceptors (Lipinski definition) is 3. The lowest BCUT2D eigenvalue weighted by atomic mass is 9.74. The molecule has 1 aliphatic heterocycles. The van der Waals surface area contributed by atoms with Crippen molar-refractivity contribution in [1.29, 1.82) is 0 Å². The fourth-order valence-corrected chi connectivity index (χ4v) is 2.18. The van der Waals surface area contributed by atoms with Crippen LogP contribution in [0.2, 0.25) is 5.02 Å². The van der Waals surface area contributed by atoms with Gasteiger partial charge in [0.2, 0.25) is 0 Å². The Balaban J connectivity index is 2.35. The Morgan fingerprint density at radius 2 is 1.65 bits per heavy atom. The maximum Gasteiger partial charge on any atom is 0.480 e. The van der Waals surface area contributed by atoms with Gasteiger partial charge >= 0.3 is 7.12 Å². The highest BCUT2D eigenvalue weighted by Gasteiger charge is 2.54. The van der Waals surface area contributed by atoms with E-state index in [1.807, 2.05) is 27.7 Å². The third-order valence-corrected chi connectivity index (χ3v) is 4.27. The molecule has 20 heavy (non-hydrogen) atoms. The van der Waals surface area contributed by atoms with Gasteiger partial charge in [0.15, 0.2) is 0 Å². The molecule has 110 valence electrons. The molecule has 0 radical (unpaired) electrons. The molecule has 0 spiro atoms. The minimum absolute atomic E-state index is 0.187. The predicted molar refractivity (Wildman–Crippen MR) is 74.4 cm³/mol. The standard InChI is InChI=1S/C13H17BClF2NO2/c1-12(2)13(3,4)20-14(19-12)11(18)9-8(16)6-5-7(15)10(9)17/h5-6,11H,18H2,1-4H3/t11-/m1/s1. The van der Waals surface area contributed by atoms with Crippen LogP contribution in [0.3, 0.4) is 0 Å². The van der Waals surface area contributed by atoms with Gasteiger partial charge in [0.05, 0.1) is 22.2 Å². The average molecular weight is 304 g/mol. The van der Waals surface area contributed by atoms with E-state index in [4.69, 9.17) is 26.6 Å². The van der Waals surface area contributed by atoms with E-state index in [9.17, 15) is 8.78 Å². The van der Waals surface area contributed by atoms with Gasteiger partial charge in [0.1, 0.15) is 11.6 Å². The summed E-state index contributed by atoms with van der Waals surface area (Å²) in [5.74, 6) is -2.75. The van der Waals surface area contributed by atoms with Crippen LogP contribution in [0.15, 0.2) is 12.1 Å². The van der Waals surface area contributed by atoms with E-state index in [0.717, 1.165) is 12.1 Å². The lowest BCUT2D eigenvalue weighted by molar-refractivity contribution is 0.00578. The number of nitrogens with two attached hydrogens (primary N) is 1. The molecule has 1 aromatic rings. The van der Waals surface area contributed by atoms with Gasteiger partial charge in [0, 0.05) is 5.56 Å². The third-order valence-electron chi connectivity index (χ3n) is 3.98.